The summed E-state index contributed by atoms with van der Waals surface area (Å²) < 4.78 is 16.0. The van der Waals surface area contributed by atoms with E-state index in [-0.39, 0.29) is 24.9 Å². The van der Waals surface area contributed by atoms with Crippen molar-refractivity contribution in [3.63, 3.8) is 0 Å². The van der Waals surface area contributed by atoms with Crippen molar-refractivity contribution in [1.29, 1.82) is 0 Å². The number of piperidine rings is 1. The molecule has 1 aromatic carbocycles. The Balaban J connectivity index is 1.53. The molecule has 1 aliphatic heterocycles. The minimum absolute atomic E-state index is 0.188. The van der Waals surface area contributed by atoms with E-state index in [1.807, 2.05) is 6.07 Å². The van der Waals surface area contributed by atoms with Gasteiger partial charge in [0.2, 0.25) is 5.75 Å². The van der Waals surface area contributed by atoms with Crippen molar-refractivity contribution in [3.05, 3.63) is 41.6 Å². The smallest absolute Gasteiger partial charge is 0.261 e. The van der Waals surface area contributed by atoms with E-state index in [1.165, 1.54) is 27.8 Å². The Hall–Kier alpha value is -3.69. The van der Waals surface area contributed by atoms with Gasteiger partial charge in [-0.2, -0.15) is 0 Å². The van der Waals surface area contributed by atoms with Gasteiger partial charge in [-0.1, -0.05) is 5.16 Å². The maximum atomic E-state index is 12.2. The lowest BCUT2D eigenvalue weighted by molar-refractivity contribution is -0.125. The summed E-state index contributed by atoms with van der Waals surface area (Å²) in [6, 6.07) is 7.18. The van der Waals surface area contributed by atoms with Crippen LogP contribution >= 0.6 is 0 Å². The van der Waals surface area contributed by atoms with Crippen LogP contribution in [0.1, 0.15) is 30.4 Å². The second-order valence-electron chi connectivity index (χ2n) is 7.51. The van der Waals surface area contributed by atoms with Crippen molar-refractivity contribution >= 4 is 17.6 Å². The topological polar surface area (TPSA) is 121 Å². The zero-order valence-corrected chi connectivity index (χ0v) is 19.3. The Kier molecular flexibility index (Phi) is 8.56. The lowest BCUT2D eigenvalue weighted by Gasteiger charge is -2.27. The predicted octanol–water partition coefficient (Wildman–Crippen LogP) is 2.05. The van der Waals surface area contributed by atoms with E-state index in [9.17, 15) is 4.79 Å². The first kappa shape index (κ1) is 24.0. The molecule has 1 fully saturated rings. The van der Waals surface area contributed by atoms with Crippen LogP contribution in [0, 0.1) is 0 Å². The lowest BCUT2D eigenvalue weighted by Crippen LogP contribution is -2.30. The van der Waals surface area contributed by atoms with Gasteiger partial charge in [0.1, 0.15) is 5.82 Å². The van der Waals surface area contributed by atoms with Gasteiger partial charge in [-0.3, -0.25) is 4.79 Å². The number of carbonyl (C=O) groups is 1. The zero-order valence-electron chi connectivity index (χ0n) is 19.3. The van der Waals surface area contributed by atoms with Gasteiger partial charge < -0.3 is 35.0 Å². The molecule has 0 bridgehead atoms. The summed E-state index contributed by atoms with van der Waals surface area (Å²) >= 11 is 0. The van der Waals surface area contributed by atoms with Gasteiger partial charge in [-0.25, -0.2) is 4.98 Å². The standard InChI is InChI=1S/C23H31N5O5/c1-30-18-11-16(12-19(31-2)22(18)32-3)14-26-21(29)15-33-27-23(24)17-7-8-25-20(13-17)28-9-5-4-6-10-28/h7-8,11-13H,4-6,9-10,14-15H2,1-3H3,(H2,24,27)(H,26,29). The number of amides is 1. The first-order chi connectivity index (χ1) is 16.0. The highest BCUT2D eigenvalue weighted by molar-refractivity contribution is 5.97. The van der Waals surface area contributed by atoms with Gasteiger partial charge in [-0.15, -0.1) is 0 Å². The Morgan fingerprint density at radius 1 is 1.09 bits per heavy atom. The number of nitrogens with two attached hydrogens (primary N) is 1. The number of benzene rings is 1. The number of rotatable bonds is 10. The minimum atomic E-state index is -0.343. The van der Waals surface area contributed by atoms with Crippen LogP contribution in [0.3, 0.4) is 0 Å². The van der Waals surface area contributed by atoms with Crippen molar-refractivity contribution in [2.75, 3.05) is 45.9 Å². The highest BCUT2D eigenvalue weighted by Gasteiger charge is 2.15. The van der Waals surface area contributed by atoms with E-state index in [0.717, 1.165) is 37.3 Å². The summed E-state index contributed by atoms with van der Waals surface area (Å²) in [6.07, 6.45) is 5.26. The van der Waals surface area contributed by atoms with Crippen molar-refractivity contribution in [3.8, 4) is 17.2 Å². The van der Waals surface area contributed by atoms with Gasteiger partial charge in [0.05, 0.1) is 21.3 Å². The maximum Gasteiger partial charge on any atom is 0.261 e. The molecule has 1 aliphatic rings. The third-order valence-electron chi connectivity index (χ3n) is 5.29. The summed E-state index contributed by atoms with van der Waals surface area (Å²) in [5.41, 5.74) is 7.52. The normalized spacial score (nSPS) is 13.9. The van der Waals surface area contributed by atoms with E-state index < -0.39 is 0 Å². The Morgan fingerprint density at radius 3 is 2.42 bits per heavy atom. The minimum Gasteiger partial charge on any atom is -0.493 e. The largest absolute Gasteiger partial charge is 0.493 e. The summed E-state index contributed by atoms with van der Waals surface area (Å²) in [5, 5.41) is 6.65. The van der Waals surface area contributed by atoms with Gasteiger partial charge in [-0.05, 0) is 49.1 Å². The molecule has 1 aromatic heterocycles. The molecule has 0 atom stereocenters. The van der Waals surface area contributed by atoms with Crippen LogP contribution in [0.25, 0.3) is 0 Å². The van der Waals surface area contributed by atoms with Gasteiger partial charge in [0, 0.05) is 31.4 Å². The Bertz CT molecular complexity index is 950. The Morgan fingerprint density at radius 2 is 1.79 bits per heavy atom. The second-order valence-corrected chi connectivity index (χ2v) is 7.51. The van der Waals surface area contributed by atoms with E-state index in [2.05, 4.69) is 20.4 Å². The molecular weight excluding hydrogens is 426 g/mol. The number of oxime groups is 1. The summed E-state index contributed by atoms with van der Waals surface area (Å²) in [7, 11) is 4.61. The number of nitrogens with zero attached hydrogens (tertiary/aromatic N) is 3. The maximum absolute atomic E-state index is 12.2. The number of ether oxygens (including phenoxy) is 3. The monoisotopic (exact) mass is 457 g/mol. The van der Waals surface area contributed by atoms with Crippen molar-refractivity contribution in [1.82, 2.24) is 10.3 Å². The SMILES string of the molecule is COc1cc(CNC(=O)CO/N=C(/N)c2ccnc(N3CCCCC3)c2)cc(OC)c1OC. The molecule has 0 aliphatic carbocycles. The number of pyridine rings is 1. The van der Waals surface area contributed by atoms with E-state index in [1.54, 1.807) is 24.4 Å². The van der Waals surface area contributed by atoms with Crippen LogP contribution in [0.5, 0.6) is 17.2 Å². The molecule has 10 heteroatoms. The second kappa shape index (κ2) is 11.8. The summed E-state index contributed by atoms with van der Waals surface area (Å²) in [6.45, 7) is 1.95. The molecule has 3 rings (SSSR count). The fourth-order valence-corrected chi connectivity index (χ4v) is 3.58. The third kappa shape index (κ3) is 6.41. The predicted molar refractivity (Wildman–Crippen MR) is 125 cm³/mol. The average molecular weight is 458 g/mol. The molecule has 178 valence electrons. The van der Waals surface area contributed by atoms with Crippen molar-refractivity contribution < 1.29 is 23.8 Å². The molecule has 2 heterocycles. The zero-order chi connectivity index (χ0) is 23.6. The Labute approximate surface area is 193 Å². The highest BCUT2D eigenvalue weighted by Crippen LogP contribution is 2.38. The lowest BCUT2D eigenvalue weighted by atomic mass is 10.1. The number of carbonyl (C=O) groups excluding carboxylic acids is 1. The van der Waals surface area contributed by atoms with E-state index in [4.69, 9.17) is 24.8 Å². The molecule has 0 unspecified atom stereocenters. The average Bonchev–Trinajstić information content (AvgIpc) is 2.87. The van der Waals surface area contributed by atoms with Crippen LogP contribution < -0.4 is 30.2 Å². The summed E-state index contributed by atoms with van der Waals surface area (Å²) in [4.78, 5) is 24.0. The van der Waals surface area contributed by atoms with Gasteiger partial charge in [0.15, 0.2) is 23.9 Å². The number of amidine groups is 1. The van der Waals surface area contributed by atoms with Crippen molar-refractivity contribution in [2.24, 2.45) is 10.9 Å². The summed E-state index contributed by atoms with van der Waals surface area (Å²) in [5.74, 6) is 2.22. The first-order valence-corrected chi connectivity index (χ1v) is 10.8. The molecule has 1 saturated heterocycles. The molecular formula is C23H31N5O5. The fourth-order valence-electron chi connectivity index (χ4n) is 3.58. The number of hydrogen-bond donors (Lipinski definition) is 2. The molecule has 0 saturated carbocycles. The van der Waals surface area contributed by atoms with Crippen LogP contribution in [-0.2, 0) is 16.2 Å². The first-order valence-electron chi connectivity index (χ1n) is 10.8. The molecule has 0 spiro atoms. The van der Waals surface area contributed by atoms with Crippen LogP contribution in [-0.4, -0.2) is 57.8 Å². The van der Waals surface area contributed by atoms with Crippen LogP contribution in [0.2, 0.25) is 0 Å². The van der Waals surface area contributed by atoms with E-state index in [0.29, 0.717) is 22.8 Å². The third-order valence-corrected chi connectivity index (χ3v) is 5.29. The molecule has 33 heavy (non-hydrogen) atoms. The molecule has 2 aromatic rings. The molecule has 3 N–H and O–H groups in total. The molecule has 1 amide bonds. The van der Waals surface area contributed by atoms with Gasteiger partial charge in [0.25, 0.3) is 5.91 Å². The van der Waals surface area contributed by atoms with Crippen molar-refractivity contribution in [2.45, 2.75) is 25.8 Å². The van der Waals surface area contributed by atoms with Gasteiger partial charge >= 0.3 is 0 Å². The molecule has 10 nitrogen and oxygen atoms in total. The number of methoxy groups -OCH3 is 3. The van der Waals surface area contributed by atoms with Crippen LogP contribution in [0.4, 0.5) is 5.82 Å². The fraction of sp³-hybridized carbons (Fsp3) is 0.435. The highest BCUT2D eigenvalue weighted by atomic mass is 16.6. The number of aromatic nitrogens is 1. The number of anilines is 1. The van der Waals surface area contributed by atoms with E-state index >= 15 is 0 Å². The number of hydrogen-bond acceptors (Lipinski definition) is 8. The quantitative estimate of drug-likeness (QED) is 0.316. The van der Waals surface area contributed by atoms with Crippen LogP contribution in [0.15, 0.2) is 35.6 Å². The number of nitrogens with one attached hydrogen (secondary N) is 1. The molecule has 0 radical (unpaired) electrons.